The monoisotopic (exact) mass is 366 g/mol. The number of carbonyl (C=O) groups excluding carboxylic acids is 1. The fraction of sp³-hybridized carbons (Fsp3) is 0.150. The highest BCUT2D eigenvalue weighted by molar-refractivity contribution is 6.03. The highest BCUT2D eigenvalue weighted by atomic mass is 19.1. The lowest BCUT2D eigenvalue weighted by Gasteiger charge is -2.11. The molecule has 0 spiro atoms. The summed E-state index contributed by atoms with van der Waals surface area (Å²) in [5.74, 6) is 0.475. The molecule has 6 nitrogen and oxygen atoms in total. The largest absolute Gasteiger partial charge is 0.491 e. The van der Waals surface area contributed by atoms with Crippen LogP contribution in [0.25, 0.3) is 0 Å². The number of hydrogen-bond donors (Lipinski definition) is 2. The van der Waals surface area contributed by atoms with Gasteiger partial charge in [-0.3, -0.25) is 4.79 Å². The molecule has 3 rings (SSSR count). The van der Waals surface area contributed by atoms with Crippen LogP contribution < -0.4 is 15.4 Å². The first-order valence-electron chi connectivity index (χ1n) is 8.42. The van der Waals surface area contributed by atoms with E-state index in [4.69, 9.17) is 4.74 Å². The number of aromatic nitrogens is 2. The first-order chi connectivity index (χ1) is 13.0. The highest BCUT2D eigenvalue weighted by Gasteiger charge is 2.10. The Kier molecular flexibility index (Phi) is 5.61. The fourth-order valence-corrected chi connectivity index (χ4v) is 2.32. The molecule has 0 aliphatic carbocycles. The van der Waals surface area contributed by atoms with Crippen LogP contribution >= 0.6 is 0 Å². The van der Waals surface area contributed by atoms with Gasteiger partial charge in [-0.05, 0) is 62.4 Å². The Labute approximate surface area is 156 Å². The Morgan fingerprint density at radius 1 is 1.00 bits per heavy atom. The van der Waals surface area contributed by atoms with E-state index >= 15 is 0 Å². The summed E-state index contributed by atoms with van der Waals surface area (Å²) >= 11 is 0. The molecule has 0 saturated heterocycles. The number of nitrogens with one attached hydrogen (secondary N) is 2. The zero-order chi connectivity index (χ0) is 19.2. The summed E-state index contributed by atoms with van der Waals surface area (Å²) in [6, 6.07) is 14.5. The molecule has 0 saturated carbocycles. The van der Waals surface area contributed by atoms with Crippen molar-refractivity contribution in [2.45, 2.75) is 20.0 Å². The maximum Gasteiger partial charge on any atom is 0.274 e. The molecular weight excluding hydrogens is 347 g/mol. The van der Waals surface area contributed by atoms with E-state index in [1.807, 2.05) is 13.8 Å². The van der Waals surface area contributed by atoms with Gasteiger partial charge in [0, 0.05) is 17.4 Å². The van der Waals surface area contributed by atoms with E-state index in [1.54, 1.807) is 36.4 Å². The zero-order valence-electron chi connectivity index (χ0n) is 14.9. The third-order valence-corrected chi connectivity index (χ3v) is 3.50. The smallest absolute Gasteiger partial charge is 0.274 e. The predicted molar refractivity (Wildman–Crippen MR) is 102 cm³/mol. The Hall–Kier alpha value is -3.48. The number of ether oxygens (including phenoxy) is 1. The first kappa shape index (κ1) is 18.3. The maximum atomic E-state index is 13.0. The third-order valence-electron chi connectivity index (χ3n) is 3.50. The van der Waals surface area contributed by atoms with Crippen molar-refractivity contribution in [1.82, 2.24) is 9.97 Å². The molecule has 1 amide bonds. The molecule has 2 N–H and O–H groups in total. The molecule has 1 heterocycles. The van der Waals surface area contributed by atoms with E-state index in [0.717, 1.165) is 5.75 Å². The van der Waals surface area contributed by atoms with Crippen LogP contribution in [0.5, 0.6) is 5.75 Å². The average Bonchev–Trinajstić information content (AvgIpc) is 2.65. The summed E-state index contributed by atoms with van der Waals surface area (Å²) in [5, 5.41) is 5.78. The van der Waals surface area contributed by atoms with Crippen molar-refractivity contribution < 1.29 is 13.9 Å². The van der Waals surface area contributed by atoms with Crippen molar-refractivity contribution in [2.75, 3.05) is 10.6 Å². The average molecular weight is 366 g/mol. The van der Waals surface area contributed by atoms with Gasteiger partial charge in [-0.2, -0.15) is 0 Å². The number of rotatable bonds is 6. The van der Waals surface area contributed by atoms with Gasteiger partial charge in [0.05, 0.1) is 6.10 Å². The molecule has 0 aliphatic heterocycles. The minimum Gasteiger partial charge on any atom is -0.491 e. The van der Waals surface area contributed by atoms with Gasteiger partial charge in [0.25, 0.3) is 5.91 Å². The van der Waals surface area contributed by atoms with E-state index in [1.165, 1.54) is 24.5 Å². The second kappa shape index (κ2) is 8.27. The summed E-state index contributed by atoms with van der Waals surface area (Å²) < 4.78 is 18.5. The zero-order valence-corrected chi connectivity index (χ0v) is 14.9. The number of halogens is 1. The molecule has 7 heteroatoms. The summed E-state index contributed by atoms with van der Waals surface area (Å²) in [5.41, 5.74) is 1.49. The molecule has 138 valence electrons. The lowest BCUT2D eigenvalue weighted by Crippen LogP contribution is -2.14. The second-order valence-electron chi connectivity index (χ2n) is 6.07. The molecule has 1 aromatic heterocycles. The van der Waals surface area contributed by atoms with Crippen molar-refractivity contribution in [1.29, 1.82) is 0 Å². The molecular formula is C20H19FN4O2. The lowest BCUT2D eigenvalue weighted by atomic mass is 10.2. The molecule has 0 aliphatic rings. The van der Waals surface area contributed by atoms with Crippen molar-refractivity contribution in [3.05, 3.63) is 72.4 Å². The SMILES string of the molecule is CC(C)Oc1ccc(NC(=O)c2cc(Nc3ccc(F)cc3)ncn2)cc1. The van der Waals surface area contributed by atoms with E-state index in [0.29, 0.717) is 17.2 Å². The van der Waals surface area contributed by atoms with Crippen LogP contribution in [0.1, 0.15) is 24.3 Å². The number of nitrogens with zero attached hydrogens (tertiary/aromatic N) is 2. The summed E-state index contributed by atoms with van der Waals surface area (Å²) in [4.78, 5) is 20.5. The topological polar surface area (TPSA) is 76.1 Å². The van der Waals surface area contributed by atoms with Crippen molar-refractivity contribution in [2.24, 2.45) is 0 Å². The Morgan fingerprint density at radius 2 is 1.67 bits per heavy atom. The number of carbonyl (C=O) groups is 1. The minimum atomic E-state index is -0.364. The maximum absolute atomic E-state index is 13.0. The van der Waals surface area contributed by atoms with Crippen LogP contribution in [0.3, 0.4) is 0 Å². The van der Waals surface area contributed by atoms with Gasteiger partial charge in [-0.1, -0.05) is 0 Å². The van der Waals surface area contributed by atoms with E-state index in [9.17, 15) is 9.18 Å². The van der Waals surface area contributed by atoms with E-state index in [-0.39, 0.29) is 23.5 Å². The van der Waals surface area contributed by atoms with Crippen LogP contribution in [-0.4, -0.2) is 22.0 Å². The summed E-state index contributed by atoms with van der Waals surface area (Å²) in [6.07, 6.45) is 1.37. The predicted octanol–water partition coefficient (Wildman–Crippen LogP) is 4.40. The van der Waals surface area contributed by atoms with Crippen molar-refractivity contribution in [3.63, 3.8) is 0 Å². The van der Waals surface area contributed by atoms with Gasteiger partial charge < -0.3 is 15.4 Å². The van der Waals surface area contributed by atoms with E-state index < -0.39 is 0 Å². The third kappa shape index (κ3) is 5.24. The van der Waals surface area contributed by atoms with Crippen molar-refractivity contribution >= 4 is 23.1 Å². The molecule has 0 unspecified atom stereocenters. The Morgan fingerprint density at radius 3 is 2.33 bits per heavy atom. The minimum absolute atomic E-state index is 0.0819. The van der Waals surface area contributed by atoms with E-state index in [2.05, 4.69) is 20.6 Å². The molecule has 0 radical (unpaired) electrons. The van der Waals surface area contributed by atoms with Gasteiger partial charge in [0.1, 0.15) is 29.4 Å². The number of amides is 1. The quantitative estimate of drug-likeness (QED) is 0.676. The van der Waals surface area contributed by atoms with Crippen LogP contribution in [0.2, 0.25) is 0 Å². The van der Waals surface area contributed by atoms with Crippen LogP contribution in [0.4, 0.5) is 21.6 Å². The van der Waals surface area contributed by atoms with Gasteiger partial charge in [0.2, 0.25) is 0 Å². The Bertz CT molecular complexity index is 912. The van der Waals surface area contributed by atoms with Crippen molar-refractivity contribution in [3.8, 4) is 5.75 Å². The van der Waals surface area contributed by atoms with Crippen LogP contribution in [-0.2, 0) is 0 Å². The number of anilines is 3. The number of hydrogen-bond acceptors (Lipinski definition) is 5. The van der Waals surface area contributed by atoms with Gasteiger partial charge >= 0.3 is 0 Å². The lowest BCUT2D eigenvalue weighted by molar-refractivity contribution is 0.102. The standard InChI is InChI=1S/C20H19FN4O2/c1-13(2)27-17-9-7-16(8-10-17)25-20(26)18-11-19(23-12-22-18)24-15-5-3-14(21)4-6-15/h3-13H,1-2H3,(H,25,26)(H,22,23,24). The first-order valence-corrected chi connectivity index (χ1v) is 8.42. The normalized spacial score (nSPS) is 10.5. The summed E-state index contributed by atoms with van der Waals surface area (Å²) in [7, 11) is 0. The Balaban J connectivity index is 1.67. The van der Waals surface area contributed by atoms with Gasteiger partial charge in [-0.25, -0.2) is 14.4 Å². The van der Waals surface area contributed by atoms with Crippen LogP contribution in [0, 0.1) is 5.82 Å². The summed E-state index contributed by atoms with van der Waals surface area (Å²) in [6.45, 7) is 3.89. The number of benzene rings is 2. The molecule has 27 heavy (non-hydrogen) atoms. The van der Waals surface area contributed by atoms with Gasteiger partial charge in [0.15, 0.2) is 0 Å². The second-order valence-corrected chi connectivity index (χ2v) is 6.07. The molecule has 3 aromatic rings. The molecule has 0 atom stereocenters. The molecule has 0 bridgehead atoms. The molecule has 0 fully saturated rings. The van der Waals surface area contributed by atoms with Crippen LogP contribution in [0.15, 0.2) is 60.9 Å². The highest BCUT2D eigenvalue weighted by Crippen LogP contribution is 2.18. The molecule has 2 aromatic carbocycles. The van der Waals surface area contributed by atoms with Gasteiger partial charge in [-0.15, -0.1) is 0 Å². The fourth-order valence-electron chi connectivity index (χ4n) is 2.32.